The molecule has 0 unspecified atom stereocenters. The molecule has 16 heavy (non-hydrogen) atoms. The first kappa shape index (κ1) is 11.2. The molecule has 82 valence electrons. The number of hydrogen-bond donors (Lipinski definition) is 0. The molecular formula is C10H5BrO4S. The molecule has 1 aliphatic carbocycles. The monoisotopic (exact) mass is 300 g/mol. The fourth-order valence-corrected chi connectivity index (χ4v) is 2.88. The fourth-order valence-electron chi connectivity index (χ4n) is 1.31. The molecule has 0 aromatic carbocycles. The standard InChI is InChI=1S/C10H5BrO4S/c1-15-10(14)7-2-4-6(12)3-5(11)8(13)9(4)16-7/h2-3H,1H3. The summed E-state index contributed by atoms with van der Waals surface area (Å²) in [6.45, 7) is 0. The summed E-state index contributed by atoms with van der Waals surface area (Å²) >= 11 is 3.98. The number of allylic oxidation sites excluding steroid dienone is 2. The molecule has 0 amide bonds. The maximum atomic E-state index is 11.7. The molecule has 0 aliphatic heterocycles. The highest BCUT2D eigenvalue weighted by Crippen LogP contribution is 2.31. The van der Waals surface area contributed by atoms with Crippen molar-refractivity contribution in [3.05, 3.63) is 31.9 Å². The van der Waals surface area contributed by atoms with Crippen molar-refractivity contribution < 1.29 is 19.1 Å². The van der Waals surface area contributed by atoms with E-state index in [0.717, 1.165) is 11.3 Å². The van der Waals surface area contributed by atoms with Gasteiger partial charge in [-0.15, -0.1) is 11.3 Å². The maximum Gasteiger partial charge on any atom is 0.348 e. The van der Waals surface area contributed by atoms with Crippen LogP contribution in [0.2, 0.25) is 0 Å². The molecule has 0 N–H and O–H groups in total. The Labute approximate surface area is 103 Å². The van der Waals surface area contributed by atoms with Gasteiger partial charge in [-0.05, 0) is 22.0 Å². The Morgan fingerprint density at radius 2 is 2.12 bits per heavy atom. The molecule has 6 heteroatoms. The zero-order chi connectivity index (χ0) is 11.9. The number of fused-ring (bicyclic) bond motifs is 1. The van der Waals surface area contributed by atoms with Crippen LogP contribution in [-0.4, -0.2) is 24.6 Å². The van der Waals surface area contributed by atoms with Gasteiger partial charge in [0.25, 0.3) is 0 Å². The molecule has 0 saturated carbocycles. The average Bonchev–Trinajstić information content (AvgIpc) is 2.70. The molecule has 0 radical (unpaired) electrons. The molecule has 2 rings (SSSR count). The second kappa shape index (κ2) is 3.95. The van der Waals surface area contributed by atoms with Crippen molar-refractivity contribution in [2.75, 3.05) is 7.11 Å². The van der Waals surface area contributed by atoms with Crippen LogP contribution in [0.4, 0.5) is 0 Å². The van der Waals surface area contributed by atoms with Gasteiger partial charge >= 0.3 is 5.97 Å². The van der Waals surface area contributed by atoms with Crippen molar-refractivity contribution in [1.82, 2.24) is 0 Å². The lowest BCUT2D eigenvalue weighted by atomic mass is 10.0. The minimum Gasteiger partial charge on any atom is -0.465 e. The Hall–Kier alpha value is -1.27. The molecule has 1 aromatic heterocycles. The smallest absolute Gasteiger partial charge is 0.348 e. The van der Waals surface area contributed by atoms with E-state index < -0.39 is 5.97 Å². The van der Waals surface area contributed by atoms with Crippen molar-refractivity contribution in [2.24, 2.45) is 0 Å². The molecule has 0 fully saturated rings. The predicted molar refractivity (Wildman–Crippen MR) is 61.3 cm³/mol. The van der Waals surface area contributed by atoms with Crippen molar-refractivity contribution in [3.63, 3.8) is 0 Å². The SMILES string of the molecule is COC(=O)c1cc2c(s1)C(=O)C(Br)=CC2=O. The number of carbonyl (C=O) groups excluding carboxylic acids is 3. The Morgan fingerprint density at radius 1 is 1.44 bits per heavy atom. The minimum absolute atomic E-state index is 0.211. The van der Waals surface area contributed by atoms with Crippen LogP contribution < -0.4 is 0 Å². The second-order valence-corrected chi connectivity index (χ2v) is 4.94. The first-order valence-corrected chi connectivity index (χ1v) is 5.84. The first-order valence-electron chi connectivity index (χ1n) is 4.23. The fraction of sp³-hybridized carbons (Fsp3) is 0.100. The normalized spacial score (nSPS) is 14.5. The summed E-state index contributed by atoms with van der Waals surface area (Å²) in [5.41, 5.74) is 0.263. The van der Waals surface area contributed by atoms with Crippen molar-refractivity contribution in [3.8, 4) is 0 Å². The van der Waals surface area contributed by atoms with Crippen molar-refractivity contribution >= 4 is 44.8 Å². The van der Waals surface area contributed by atoms with Gasteiger partial charge in [-0.1, -0.05) is 0 Å². The van der Waals surface area contributed by atoms with Gasteiger partial charge in [0.1, 0.15) is 4.88 Å². The number of rotatable bonds is 1. The van der Waals surface area contributed by atoms with Gasteiger partial charge in [0.2, 0.25) is 5.78 Å². The van der Waals surface area contributed by atoms with Crippen LogP contribution in [0, 0.1) is 0 Å². The van der Waals surface area contributed by atoms with Gasteiger partial charge < -0.3 is 4.74 Å². The van der Waals surface area contributed by atoms with Gasteiger partial charge in [-0.25, -0.2) is 4.79 Å². The van der Waals surface area contributed by atoms with Gasteiger partial charge in [0, 0.05) is 11.6 Å². The van der Waals surface area contributed by atoms with Gasteiger partial charge in [-0.3, -0.25) is 9.59 Å². The van der Waals surface area contributed by atoms with Crippen LogP contribution in [0.25, 0.3) is 0 Å². The first-order chi connectivity index (χ1) is 7.54. The number of hydrogen-bond acceptors (Lipinski definition) is 5. The van der Waals surface area contributed by atoms with Crippen LogP contribution >= 0.6 is 27.3 Å². The summed E-state index contributed by atoms with van der Waals surface area (Å²) in [7, 11) is 1.25. The van der Waals surface area contributed by atoms with E-state index in [1.54, 1.807) is 0 Å². The average molecular weight is 301 g/mol. The number of methoxy groups -OCH3 is 1. The van der Waals surface area contributed by atoms with E-state index in [9.17, 15) is 14.4 Å². The highest BCUT2D eigenvalue weighted by molar-refractivity contribution is 9.12. The van der Waals surface area contributed by atoms with E-state index in [2.05, 4.69) is 20.7 Å². The Morgan fingerprint density at radius 3 is 2.75 bits per heavy atom. The molecule has 4 nitrogen and oxygen atoms in total. The lowest BCUT2D eigenvalue weighted by molar-refractivity contribution is 0.0606. The molecule has 1 aromatic rings. The van der Waals surface area contributed by atoms with Crippen LogP contribution in [0.3, 0.4) is 0 Å². The largest absolute Gasteiger partial charge is 0.465 e. The van der Waals surface area contributed by atoms with Gasteiger partial charge in [0.05, 0.1) is 16.5 Å². The Kier molecular flexibility index (Phi) is 2.77. The number of esters is 1. The van der Waals surface area contributed by atoms with Crippen molar-refractivity contribution in [1.29, 1.82) is 0 Å². The molecule has 1 heterocycles. The van der Waals surface area contributed by atoms with Crippen LogP contribution in [-0.2, 0) is 4.74 Å². The lowest BCUT2D eigenvalue weighted by Gasteiger charge is -2.04. The Balaban J connectivity index is 2.54. The van der Waals surface area contributed by atoms with Crippen LogP contribution in [0.15, 0.2) is 16.6 Å². The predicted octanol–water partition coefficient (Wildman–Crippen LogP) is 2.19. The minimum atomic E-state index is -0.545. The molecular weight excluding hydrogens is 296 g/mol. The summed E-state index contributed by atoms with van der Waals surface area (Å²) in [4.78, 5) is 35.0. The topological polar surface area (TPSA) is 60.4 Å². The third-order valence-corrected chi connectivity index (χ3v) is 3.77. The maximum absolute atomic E-state index is 11.7. The molecule has 0 spiro atoms. The van der Waals surface area contributed by atoms with E-state index in [0.29, 0.717) is 0 Å². The summed E-state index contributed by atoms with van der Waals surface area (Å²) in [6.07, 6.45) is 1.21. The molecule has 0 atom stereocenters. The van der Waals surface area contributed by atoms with E-state index in [-0.39, 0.29) is 31.4 Å². The number of halogens is 1. The Bertz CT molecular complexity index is 541. The number of Topliss-reactive ketones (excluding diaryl/α,β-unsaturated/α-hetero) is 1. The second-order valence-electron chi connectivity index (χ2n) is 3.03. The number of ketones is 2. The zero-order valence-corrected chi connectivity index (χ0v) is 10.5. The van der Waals surface area contributed by atoms with Gasteiger partial charge in [0.15, 0.2) is 5.78 Å². The molecule has 0 bridgehead atoms. The number of thiophene rings is 1. The highest BCUT2D eigenvalue weighted by atomic mass is 79.9. The van der Waals surface area contributed by atoms with E-state index >= 15 is 0 Å². The van der Waals surface area contributed by atoms with Crippen LogP contribution in [0.5, 0.6) is 0 Å². The van der Waals surface area contributed by atoms with E-state index in [4.69, 9.17) is 0 Å². The van der Waals surface area contributed by atoms with Gasteiger partial charge in [-0.2, -0.15) is 0 Å². The summed E-state index contributed by atoms with van der Waals surface area (Å²) in [6, 6.07) is 1.39. The van der Waals surface area contributed by atoms with Crippen LogP contribution in [0.1, 0.15) is 29.7 Å². The van der Waals surface area contributed by atoms with E-state index in [1.165, 1.54) is 19.3 Å². The highest BCUT2D eigenvalue weighted by Gasteiger charge is 2.28. The third-order valence-electron chi connectivity index (χ3n) is 2.07. The van der Waals surface area contributed by atoms with Crippen molar-refractivity contribution in [2.45, 2.75) is 0 Å². The third kappa shape index (κ3) is 1.64. The molecule has 1 aliphatic rings. The summed E-state index contributed by atoms with van der Waals surface area (Å²) in [5.74, 6) is -1.11. The van der Waals surface area contributed by atoms with E-state index in [1.807, 2.05) is 0 Å². The quantitative estimate of drug-likeness (QED) is 0.746. The summed E-state index contributed by atoms with van der Waals surface area (Å²) < 4.78 is 4.74. The molecule has 0 saturated heterocycles. The summed E-state index contributed by atoms with van der Waals surface area (Å²) in [5, 5.41) is 0. The number of ether oxygens (including phenoxy) is 1. The number of carbonyl (C=O) groups is 3. The zero-order valence-electron chi connectivity index (χ0n) is 8.07. The lowest BCUT2D eigenvalue weighted by Crippen LogP contribution is -2.10.